The normalized spacial score (nSPS) is 14.0. The van der Waals surface area contributed by atoms with Crippen LogP contribution in [0.3, 0.4) is 0 Å². The van der Waals surface area contributed by atoms with Crippen LogP contribution in [-0.4, -0.2) is 24.2 Å². The lowest BCUT2D eigenvalue weighted by Crippen LogP contribution is -2.34. The van der Waals surface area contributed by atoms with E-state index in [1.807, 2.05) is 36.4 Å². The number of benzene rings is 1. The zero-order valence-corrected chi connectivity index (χ0v) is 15.0. The molecule has 0 bridgehead atoms. The van der Waals surface area contributed by atoms with Gasteiger partial charge in [-0.3, -0.25) is 0 Å². The SMILES string of the molecule is COc1ccc(CNC(=O)NCc2cccnc2OC2CCCC2)cc1. The molecule has 2 N–H and O–H groups in total. The fraction of sp³-hybridized carbons (Fsp3) is 0.400. The number of pyridine rings is 1. The Balaban J connectivity index is 1.47. The second-order valence-corrected chi connectivity index (χ2v) is 6.38. The molecule has 1 aliphatic rings. The van der Waals surface area contributed by atoms with Crippen molar-refractivity contribution in [1.29, 1.82) is 0 Å². The zero-order chi connectivity index (χ0) is 18.2. The topological polar surface area (TPSA) is 72.5 Å². The number of carbonyl (C=O) groups excluding carboxylic acids is 1. The number of aromatic nitrogens is 1. The number of nitrogens with zero attached hydrogens (tertiary/aromatic N) is 1. The summed E-state index contributed by atoms with van der Waals surface area (Å²) in [7, 11) is 1.63. The first-order valence-electron chi connectivity index (χ1n) is 9.00. The van der Waals surface area contributed by atoms with Crippen molar-refractivity contribution < 1.29 is 14.3 Å². The minimum atomic E-state index is -0.225. The Hall–Kier alpha value is -2.76. The van der Waals surface area contributed by atoms with E-state index in [1.165, 1.54) is 12.8 Å². The van der Waals surface area contributed by atoms with E-state index in [1.54, 1.807) is 13.3 Å². The predicted molar refractivity (Wildman–Crippen MR) is 99.2 cm³/mol. The number of hydrogen-bond donors (Lipinski definition) is 2. The smallest absolute Gasteiger partial charge is 0.315 e. The molecule has 1 fully saturated rings. The summed E-state index contributed by atoms with van der Waals surface area (Å²) < 4.78 is 11.1. The van der Waals surface area contributed by atoms with Gasteiger partial charge in [0, 0.05) is 24.8 Å². The van der Waals surface area contributed by atoms with Gasteiger partial charge < -0.3 is 20.1 Å². The van der Waals surface area contributed by atoms with Crippen molar-refractivity contribution in [2.75, 3.05) is 7.11 Å². The number of methoxy groups -OCH3 is 1. The van der Waals surface area contributed by atoms with Gasteiger partial charge in [0.25, 0.3) is 0 Å². The largest absolute Gasteiger partial charge is 0.497 e. The average molecular weight is 355 g/mol. The molecule has 1 heterocycles. The van der Waals surface area contributed by atoms with E-state index in [-0.39, 0.29) is 12.1 Å². The van der Waals surface area contributed by atoms with Crippen molar-refractivity contribution in [1.82, 2.24) is 15.6 Å². The first-order valence-corrected chi connectivity index (χ1v) is 9.00. The fourth-order valence-electron chi connectivity index (χ4n) is 2.99. The lowest BCUT2D eigenvalue weighted by Gasteiger charge is -2.15. The number of hydrogen-bond acceptors (Lipinski definition) is 4. The van der Waals surface area contributed by atoms with Crippen LogP contribution in [0.15, 0.2) is 42.6 Å². The molecule has 3 rings (SSSR count). The molecule has 1 saturated carbocycles. The lowest BCUT2D eigenvalue weighted by atomic mass is 10.2. The van der Waals surface area contributed by atoms with E-state index in [0.717, 1.165) is 29.7 Å². The Morgan fingerprint density at radius 1 is 1.12 bits per heavy atom. The van der Waals surface area contributed by atoms with E-state index in [4.69, 9.17) is 9.47 Å². The number of ether oxygens (including phenoxy) is 2. The number of amides is 2. The molecule has 0 atom stereocenters. The molecule has 1 aliphatic carbocycles. The highest BCUT2D eigenvalue weighted by Crippen LogP contribution is 2.24. The van der Waals surface area contributed by atoms with Crippen molar-refractivity contribution >= 4 is 6.03 Å². The highest BCUT2D eigenvalue weighted by Gasteiger charge is 2.18. The van der Waals surface area contributed by atoms with E-state index >= 15 is 0 Å². The molecule has 2 aromatic rings. The third-order valence-corrected chi connectivity index (χ3v) is 4.48. The predicted octanol–water partition coefficient (Wildman–Crippen LogP) is 3.41. The lowest BCUT2D eigenvalue weighted by molar-refractivity contribution is 0.198. The molecular weight excluding hydrogens is 330 g/mol. The third-order valence-electron chi connectivity index (χ3n) is 4.48. The van der Waals surface area contributed by atoms with E-state index < -0.39 is 0 Å². The summed E-state index contributed by atoms with van der Waals surface area (Å²) in [6.45, 7) is 0.832. The summed E-state index contributed by atoms with van der Waals surface area (Å²) in [4.78, 5) is 16.4. The van der Waals surface area contributed by atoms with Gasteiger partial charge in [-0.1, -0.05) is 18.2 Å². The van der Waals surface area contributed by atoms with Gasteiger partial charge in [0.15, 0.2) is 0 Å². The summed E-state index contributed by atoms with van der Waals surface area (Å²) in [6.07, 6.45) is 6.53. The van der Waals surface area contributed by atoms with Crippen LogP contribution in [0, 0.1) is 0 Å². The molecule has 6 heteroatoms. The van der Waals surface area contributed by atoms with Crippen molar-refractivity contribution in [2.45, 2.75) is 44.9 Å². The minimum absolute atomic E-state index is 0.225. The maximum atomic E-state index is 12.1. The quantitative estimate of drug-likeness (QED) is 0.798. The van der Waals surface area contributed by atoms with Crippen LogP contribution in [-0.2, 0) is 13.1 Å². The monoisotopic (exact) mass is 355 g/mol. The molecule has 138 valence electrons. The molecule has 26 heavy (non-hydrogen) atoms. The molecule has 0 aliphatic heterocycles. The van der Waals surface area contributed by atoms with Crippen LogP contribution >= 0.6 is 0 Å². The molecule has 0 saturated heterocycles. The van der Waals surface area contributed by atoms with Gasteiger partial charge in [-0.15, -0.1) is 0 Å². The highest BCUT2D eigenvalue weighted by molar-refractivity contribution is 5.73. The molecule has 0 spiro atoms. The van der Waals surface area contributed by atoms with Crippen molar-refractivity contribution in [3.63, 3.8) is 0 Å². The summed E-state index contributed by atoms with van der Waals surface area (Å²) in [5.41, 5.74) is 1.89. The first kappa shape index (κ1) is 18.0. The van der Waals surface area contributed by atoms with Crippen LogP contribution in [0.5, 0.6) is 11.6 Å². The van der Waals surface area contributed by atoms with Gasteiger partial charge >= 0.3 is 6.03 Å². The van der Waals surface area contributed by atoms with Crippen LogP contribution < -0.4 is 20.1 Å². The summed E-state index contributed by atoms with van der Waals surface area (Å²) in [6, 6.07) is 11.2. The standard InChI is InChI=1S/C20H25N3O3/c1-25-17-10-8-15(9-11-17)13-22-20(24)23-14-16-5-4-12-21-19(16)26-18-6-2-3-7-18/h4-5,8-12,18H,2-3,6-7,13-14H2,1H3,(H2,22,23,24). The van der Waals surface area contributed by atoms with Crippen LogP contribution in [0.25, 0.3) is 0 Å². The molecule has 6 nitrogen and oxygen atoms in total. The minimum Gasteiger partial charge on any atom is -0.497 e. The maximum Gasteiger partial charge on any atom is 0.315 e. The molecule has 1 aromatic carbocycles. The Morgan fingerprint density at radius 3 is 2.58 bits per heavy atom. The van der Waals surface area contributed by atoms with Gasteiger partial charge in [0.05, 0.1) is 7.11 Å². The molecular formula is C20H25N3O3. The zero-order valence-electron chi connectivity index (χ0n) is 15.0. The number of urea groups is 1. The van der Waals surface area contributed by atoms with Gasteiger partial charge in [-0.25, -0.2) is 9.78 Å². The molecule has 2 amide bonds. The van der Waals surface area contributed by atoms with Gasteiger partial charge in [-0.2, -0.15) is 0 Å². The van der Waals surface area contributed by atoms with Gasteiger partial charge in [0.1, 0.15) is 11.9 Å². The van der Waals surface area contributed by atoms with Crippen molar-refractivity contribution in [3.8, 4) is 11.6 Å². The van der Waals surface area contributed by atoms with Crippen LogP contribution in [0.4, 0.5) is 4.79 Å². The Morgan fingerprint density at radius 2 is 1.85 bits per heavy atom. The van der Waals surface area contributed by atoms with Crippen LogP contribution in [0.1, 0.15) is 36.8 Å². The Kier molecular flexibility index (Phi) is 6.30. The summed E-state index contributed by atoms with van der Waals surface area (Å²) in [5.74, 6) is 1.42. The van der Waals surface area contributed by atoms with Crippen molar-refractivity contribution in [3.05, 3.63) is 53.7 Å². The van der Waals surface area contributed by atoms with E-state index in [9.17, 15) is 4.79 Å². The second-order valence-electron chi connectivity index (χ2n) is 6.38. The maximum absolute atomic E-state index is 12.1. The molecule has 1 aromatic heterocycles. The number of carbonyl (C=O) groups is 1. The number of rotatable bonds is 7. The molecule has 0 radical (unpaired) electrons. The Labute approximate surface area is 153 Å². The van der Waals surface area contributed by atoms with Crippen molar-refractivity contribution in [2.24, 2.45) is 0 Å². The van der Waals surface area contributed by atoms with E-state index in [0.29, 0.717) is 19.0 Å². The fourth-order valence-corrected chi connectivity index (χ4v) is 2.99. The average Bonchev–Trinajstić information content (AvgIpc) is 3.19. The first-order chi connectivity index (χ1) is 12.7. The highest BCUT2D eigenvalue weighted by atomic mass is 16.5. The second kappa shape index (κ2) is 9.08. The Bertz CT molecular complexity index is 712. The van der Waals surface area contributed by atoms with E-state index in [2.05, 4.69) is 15.6 Å². The van der Waals surface area contributed by atoms with Gasteiger partial charge in [0.2, 0.25) is 5.88 Å². The third kappa shape index (κ3) is 5.12. The summed E-state index contributed by atoms with van der Waals surface area (Å²) >= 11 is 0. The molecule has 0 unspecified atom stereocenters. The van der Waals surface area contributed by atoms with Gasteiger partial charge in [-0.05, 0) is 49.4 Å². The van der Waals surface area contributed by atoms with Crippen LogP contribution in [0.2, 0.25) is 0 Å². The summed E-state index contributed by atoms with van der Waals surface area (Å²) in [5, 5.41) is 5.71. The number of nitrogens with one attached hydrogen (secondary N) is 2.